The maximum absolute atomic E-state index is 13.1. The number of carbonyl (C=O) groups is 4. The molecule has 5 unspecified atom stereocenters. The van der Waals surface area contributed by atoms with Crippen molar-refractivity contribution in [2.24, 2.45) is 0 Å². The van der Waals surface area contributed by atoms with E-state index in [0.29, 0.717) is 25.7 Å². The third-order valence-corrected chi connectivity index (χ3v) is 17.6. The zero-order valence-corrected chi connectivity index (χ0v) is 66.2. The standard InChI is InChI=1S/C85H138O17P2/c1-5-9-13-17-21-25-29-33-37-39-43-46-50-54-58-62-66-70-83(88)96-76-81(102-85(90)72-68-64-60-56-52-48-44-40-38-34-30-26-22-18-14-10-6-2)78-100-104(93,94)98-74-79(86)73-97-103(91,92)99-77-80(101-84(89)71-67-63-59-55-51-47-42-36-32-28-24-20-16-12-8-4)75-95-82(87)69-65-61-57-53-49-45-41-35-31-27-23-19-15-11-7-3/h9-11,13-15,21-28,33-38,41-44,46,48-49,53,79-81,86H,5-8,12,16-20,29-32,39-40,45,47,50-52,54-78H2,1-4H3,(H,91,92)(H,93,94)/b13-9-,14-10-,15-11-,25-21-,26-22-,27-23-,28-24-,37-33-,38-34-,41-35-,42-36-,46-43-,48-44-,53-49-. The first-order valence-electron chi connectivity index (χ1n) is 39.4. The van der Waals surface area contributed by atoms with Crippen LogP contribution in [0.4, 0.5) is 0 Å². The van der Waals surface area contributed by atoms with E-state index in [2.05, 4.69) is 198 Å². The Kier molecular flexibility index (Phi) is 71.6. The predicted octanol–water partition coefficient (Wildman–Crippen LogP) is 23.0. The van der Waals surface area contributed by atoms with Crippen molar-refractivity contribution in [2.45, 2.75) is 303 Å². The van der Waals surface area contributed by atoms with Gasteiger partial charge in [0.15, 0.2) is 12.2 Å². The Morgan fingerprint density at radius 2 is 0.500 bits per heavy atom. The molecular formula is C85H138O17P2. The van der Waals surface area contributed by atoms with Crippen LogP contribution in [-0.4, -0.2) is 96.7 Å². The van der Waals surface area contributed by atoms with E-state index >= 15 is 0 Å². The Morgan fingerprint density at radius 1 is 0.279 bits per heavy atom. The molecule has 0 heterocycles. The summed E-state index contributed by atoms with van der Waals surface area (Å²) in [6.07, 6.45) is 89.1. The van der Waals surface area contributed by atoms with Crippen molar-refractivity contribution in [3.8, 4) is 0 Å². The highest BCUT2D eigenvalue weighted by Gasteiger charge is 2.30. The summed E-state index contributed by atoms with van der Waals surface area (Å²) in [5, 5.41) is 10.6. The minimum Gasteiger partial charge on any atom is -0.462 e. The second kappa shape index (κ2) is 75.6. The number of phosphoric acid groups is 2. The number of phosphoric ester groups is 2. The second-order valence-corrected chi connectivity index (χ2v) is 28.4. The molecule has 590 valence electrons. The van der Waals surface area contributed by atoms with Gasteiger partial charge >= 0.3 is 39.5 Å². The van der Waals surface area contributed by atoms with Gasteiger partial charge in [-0.05, 0) is 173 Å². The van der Waals surface area contributed by atoms with Gasteiger partial charge in [-0.2, -0.15) is 0 Å². The topological polar surface area (TPSA) is 237 Å². The number of hydrogen-bond donors (Lipinski definition) is 3. The fourth-order valence-electron chi connectivity index (χ4n) is 9.75. The zero-order chi connectivity index (χ0) is 76.0. The number of hydrogen-bond acceptors (Lipinski definition) is 15. The van der Waals surface area contributed by atoms with Crippen molar-refractivity contribution >= 4 is 39.5 Å². The molecule has 0 saturated heterocycles. The van der Waals surface area contributed by atoms with Gasteiger partial charge in [0.05, 0.1) is 26.4 Å². The Balaban J connectivity index is 5.48. The second-order valence-electron chi connectivity index (χ2n) is 25.5. The molecule has 0 radical (unpaired) electrons. The SMILES string of the molecule is CC/C=C\C/C=C\C/C=C\C/C=C\CCCCCCC(=O)OCC(COP(=O)(O)OCC(O)COP(=O)(O)OCC(COC(=O)CCCC/C=C\C/C=C\C/C=C\C/C=C\CC)OC(=O)CCCCCCC/C=C\C/C=C\CCCCC)OC(=O)CCCCCC/C=C\C/C=C\C/C=C\C/C=C\CC. The molecule has 5 atom stereocenters. The Hall–Kier alpha value is -5.58. The summed E-state index contributed by atoms with van der Waals surface area (Å²) in [4.78, 5) is 73.0. The number of allylic oxidation sites excluding steroid dienone is 28. The van der Waals surface area contributed by atoms with Crippen molar-refractivity contribution < 1.29 is 80.2 Å². The molecule has 0 spiro atoms. The van der Waals surface area contributed by atoms with Gasteiger partial charge in [0.25, 0.3) is 0 Å². The fourth-order valence-corrected chi connectivity index (χ4v) is 11.3. The Labute approximate surface area is 629 Å². The highest BCUT2D eigenvalue weighted by molar-refractivity contribution is 7.47. The molecule has 0 aromatic heterocycles. The maximum Gasteiger partial charge on any atom is 0.472 e. The Bertz CT molecular complexity index is 2640. The van der Waals surface area contributed by atoms with Crippen molar-refractivity contribution in [3.05, 3.63) is 170 Å². The third-order valence-electron chi connectivity index (χ3n) is 15.7. The van der Waals surface area contributed by atoms with Gasteiger partial charge in [-0.3, -0.25) is 37.3 Å². The minimum absolute atomic E-state index is 0.0537. The summed E-state index contributed by atoms with van der Waals surface area (Å²) in [6, 6.07) is 0. The number of aliphatic hydroxyl groups excluding tert-OH is 1. The first-order valence-corrected chi connectivity index (χ1v) is 42.4. The van der Waals surface area contributed by atoms with Gasteiger partial charge in [0.1, 0.15) is 19.3 Å². The lowest BCUT2D eigenvalue weighted by atomic mass is 10.1. The monoisotopic (exact) mass is 1490 g/mol. The van der Waals surface area contributed by atoms with Crippen LogP contribution in [-0.2, 0) is 65.4 Å². The largest absolute Gasteiger partial charge is 0.472 e. The fraction of sp³-hybridized carbons (Fsp3) is 0.624. The first kappa shape index (κ1) is 98.4. The third kappa shape index (κ3) is 74.7. The van der Waals surface area contributed by atoms with E-state index in [1.807, 2.05) is 0 Å². The number of carbonyl (C=O) groups excluding carboxylic acids is 4. The summed E-state index contributed by atoms with van der Waals surface area (Å²) >= 11 is 0. The molecule has 0 rings (SSSR count). The van der Waals surface area contributed by atoms with Crippen LogP contribution in [0, 0.1) is 0 Å². The van der Waals surface area contributed by atoms with E-state index in [9.17, 15) is 43.2 Å². The molecule has 0 aliphatic rings. The molecule has 0 amide bonds. The lowest BCUT2D eigenvalue weighted by Gasteiger charge is -2.21. The number of esters is 4. The zero-order valence-electron chi connectivity index (χ0n) is 64.4. The molecule has 0 saturated carbocycles. The van der Waals surface area contributed by atoms with Gasteiger partial charge in [0, 0.05) is 25.7 Å². The molecule has 17 nitrogen and oxygen atoms in total. The molecule has 19 heteroatoms. The first-order chi connectivity index (χ1) is 50.7. The van der Waals surface area contributed by atoms with E-state index in [-0.39, 0.29) is 25.7 Å². The molecule has 0 aliphatic carbocycles. The summed E-state index contributed by atoms with van der Waals surface area (Å²) < 4.78 is 68.5. The number of rotatable bonds is 72. The number of ether oxygens (including phenoxy) is 4. The van der Waals surface area contributed by atoms with Crippen LogP contribution in [0.3, 0.4) is 0 Å². The lowest BCUT2D eigenvalue weighted by Crippen LogP contribution is -2.30. The molecule has 0 aliphatic heterocycles. The van der Waals surface area contributed by atoms with Crippen LogP contribution in [0.2, 0.25) is 0 Å². The van der Waals surface area contributed by atoms with Crippen LogP contribution < -0.4 is 0 Å². The molecule has 0 bridgehead atoms. The molecular weight excluding hydrogens is 1350 g/mol. The van der Waals surface area contributed by atoms with Gasteiger partial charge in [-0.1, -0.05) is 256 Å². The van der Waals surface area contributed by atoms with Crippen LogP contribution in [0.25, 0.3) is 0 Å². The minimum atomic E-state index is -5.00. The average Bonchev–Trinajstić information content (AvgIpc) is 0.926. The van der Waals surface area contributed by atoms with Gasteiger partial charge < -0.3 is 33.8 Å². The van der Waals surface area contributed by atoms with Crippen LogP contribution in [0.5, 0.6) is 0 Å². The van der Waals surface area contributed by atoms with E-state index in [1.54, 1.807) is 0 Å². The smallest absolute Gasteiger partial charge is 0.462 e. The summed E-state index contributed by atoms with van der Waals surface area (Å²) in [6.45, 7) is 4.37. The molecule has 104 heavy (non-hydrogen) atoms. The summed E-state index contributed by atoms with van der Waals surface area (Å²) in [5.74, 6) is -2.31. The molecule has 0 aromatic carbocycles. The van der Waals surface area contributed by atoms with E-state index in [4.69, 9.17) is 37.0 Å². The highest BCUT2D eigenvalue weighted by Crippen LogP contribution is 2.45. The van der Waals surface area contributed by atoms with Gasteiger partial charge in [-0.15, -0.1) is 0 Å². The molecule has 3 N–H and O–H groups in total. The van der Waals surface area contributed by atoms with Gasteiger partial charge in [0.2, 0.25) is 0 Å². The number of unbranched alkanes of at least 4 members (excludes halogenated alkanes) is 18. The molecule has 0 fully saturated rings. The Morgan fingerprint density at radius 3 is 0.788 bits per heavy atom. The highest BCUT2D eigenvalue weighted by atomic mass is 31.2. The lowest BCUT2D eigenvalue weighted by molar-refractivity contribution is -0.161. The van der Waals surface area contributed by atoms with Crippen LogP contribution >= 0.6 is 15.6 Å². The van der Waals surface area contributed by atoms with E-state index in [1.165, 1.54) is 19.3 Å². The normalized spacial score (nSPS) is 14.8. The van der Waals surface area contributed by atoms with Crippen LogP contribution in [0.15, 0.2) is 170 Å². The number of aliphatic hydroxyl groups is 1. The quantitative estimate of drug-likeness (QED) is 0.0169. The van der Waals surface area contributed by atoms with Crippen molar-refractivity contribution in [2.75, 3.05) is 39.6 Å². The average molecular weight is 1490 g/mol. The van der Waals surface area contributed by atoms with Crippen molar-refractivity contribution in [1.29, 1.82) is 0 Å². The van der Waals surface area contributed by atoms with Crippen LogP contribution in [0.1, 0.15) is 285 Å². The summed E-state index contributed by atoms with van der Waals surface area (Å²) in [7, 11) is -10.0. The van der Waals surface area contributed by atoms with Crippen molar-refractivity contribution in [3.63, 3.8) is 0 Å². The van der Waals surface area contributed by atoms with Crippen molar-refractivity contribution in [1.82, 2.24) is 0 Å². The van der Waals surface area contributed by atoms with E-state index < -0.39 is 97.5 Å². The summed E-state index contributed by atoms with van der Waals surface area (Å²) in [5.41, 5.74) is 0. The van der Waals surface area contributed by atoms with Gasteiger partial charge in [-0.25, -0.2) is 9.13 Å². The molecule has 0 aromatic rings. The van der Waals surface area contributed by atoms with E-state index in [0.717, 1.165) is 186 Å². The maximum atomic E-state index is 13.1. The predicted molar refractivity (Wildman–Crippen MR) is 426 cm³/mol.